The molecule has 2 atom stereocenters. The van der Waals surface area contributed by atoms with E-state index in [4.69, 9.17) is 9.47 Å². The monoisotopic (exact) mass is 131 g/mol. The quantitative estimate of drug-likeness (QED) is 0.427. The van der Waals surface area contributed by atoms with Crippen LogP contribution < -0.4 is 5.32 Å². The Labute approximate surface area is 52.8 Å². The van der Waals surface area contributed by atoms with Crippen molar-refractivity contribution >= 4 is 0 Å². The number of hydrogen-bond donors (Lipinski definition) is 2. The molecular formula is C5H9NO3. The smallest absolute Gasteiger partial charge is 0.205 e. The zero-order chi connectivity index (χ0) is 6.32. The lowest BCUT2D eigenvalue weighted by atomic mass is 10.3. The van der Waals surface area contributed by atoms with E-state index < -0.39 is 5.79 Å². The van der Waals surface area contributed by atoms with Crippen LogP contribution in [-0.4, -0.2) is 36.9 Å². The highest BCUT2D eigenvalue weighted by atomic mass is 16.8. The van der Waals surface area contributed by atoms with Crippen molar-refractivity contribution in [2.75, 3.05) is 19.7 Å². The number of morpholine rings is 1. The topological polar surface area (TPSA) is 50.7 Å². The second kappa shape index (κ2) is 1.67. The van der Waals surface area contributed by atoms with Crippen LogP contribution in [0.3, 0.4) is 0 Å². The minimum Gasteiger partial charge on any atom is -0.363 e. The van der Waals surface area contributed by atoms with Crippen LogP contribution in [0.15, 0.2) is 0 Å². The fourth-order valence-corrected chi connectivity index (χ4v) is 1.11. The van der Waals surface area contributed by atoms with Gasteiger partial charge in [-0.25, -0.2) is 0 Å². The van der Waals surface area contributed by atoms with Crippen molar-refractivity contribution in [3.8, 4) is 0 Å². The minimum absolute atomic E-state index is 0.233. The van der Waals surface area contributed by atoms with Crippen LogP contribution in [0.25, 0.3) is 0 Å². The number of fused-ring (bicyclic) bond motifs is 2. The first-order chi connectivity index (χ1) is 4.29. The van der Waals surface area contributed by atoms with Crippen molar-refractivity contribution in [1.82, 2.24) is 5.32 Å². The summed E-state index contributed by atoms with van der Waals surface area (Å²) in [5.74, 6) is -1.04. The molecule has 52 valence electrons. The largest absolute Gasteiger partial charge is 0.363 e. The Morgan fingerprint density at radius 3 is 3.22 bits per heavy atom. The molecule has 0 aliphatic carbocycles. The molecule has 2 heterocycles. The van der Waals surface area contributed by atoms with Gasteiger partial charge in [-0.3, -0.25) is 0 Å². The Morgan fingerprint density at radius 1 is 1.67 bits per heavy atom. The summed E-state index contributed by atoms with van der Waals surface area (Å²) < 4.78 is 10.1. The van der Waals surface area contributed by atoms with Gasteiger partial charge in [0.05, 0.1) is 6.54 Å². The maximum atomic E-state index is 9.31. The molecule has 0 aromatic heterocycles. The molecule has 0 radical (unpaired) electrons. The first kappa shape index (κ1) is 5.61. The second-order valence-electron chi connectivity index (χ2n) is 2.44. The third-order valence-electron chi connectivity index (χ3n) is 1.56. The summed E-state index contributed by atoms with van der Waals surface area (Å²) in [7, 11) is 0. The SMILES string of the molecule is OC12CNCC(OC1)O2. The fourth-order valence-electron chi connectivity index (χ4n) is 1.11. The normalized spacial score (nSPS) is 49.7. The van der Waals surface area contributed by atoms with Gasteiger partial charge in [-0.2, -0.15) is 0 Å². The van der Waals surface area contributed by atoms with Gasteiger partial charge in [-0.05, 0) is 0 Å². The molecule has 0 spiro atoms. The summed E-state index contributed by atoms with van der Waals surface area (Å²) in [5, 5.41) is 12.3. The molecule has 9 heavy (non-hydrogen) atoms. The van der Waals surface area contributed by atoms with Crippen molar-refractivity contribution in [2.24, 2.45) is 0 Å². The first-order valence-electron chi connectivity index (χ1n) is 3.01. The van der Waals surface area contributed by atoms with Crippen molar-refractivity contribution in [3.05, 3.63) is 0 Å². The molecule has 0 amide bonds. The van der Waals surface area contributed by atoms with E-state index in [1.54, 1.807) is 0 Å². The summed E-state index contributed by atoms with van der Waals surface area (Å²) in [6.07, 6.45) is -0.233. The highest BCUT2D eigenvalue weighted by Crippen LogP contribution is 2.22. The predicted octanol–water partition coefficient (Wildman–Crippen LogP) is -1.35. The van der Waals surface area contributed by atoms with Crippen LogP contribution in [0.1, 0.15) is 0 Å². The average Bonchev–Trinajstić information content (AvgIpc) is 2.07. The molecule has 2 rings (SSSR count). The summed E-state index contributed by atoms with van der Waals surface area (Å²) in [6.45, 7) is 1.45. The molecule has 0 aromatic rings. The summed E-state index contributed by atoms with van der Waals surface area (Å²) >= 11 is 0. The summed E-state index contributed by atoms with van der Waals surface area (Å²) in [5.41, 5.74) is 0. The average molecular weight is 131 g/mol. The van der Waals surface area contributed by atoms with Crippen LogP contribution in [-0.2, 0) is 9.47 Å². The number of nitrogens with one attached hydrogen (secondary N) is 1. The minimum atomic E-state index is -1.04. The highest BCUT2D eigenvalue weighted by molar-refractivity contribution is 4.81. The number of hydrogen-bond acceptors (Lipinski definition) is 4. The molecule has 2 unspecified atom stereocenters. The Bertz CT molecular complexity index is 125. The van der Waals surface area contributed by atoms with E-state index in [-0.39, 0.29) is 6.29 Å². The van der Waals surface area contributed by atoms with Gasteiger partial charge in [0.15, 0.2) is 6.29 Å². The molecule has 2 fully saturated rings. The molecule has 2 bridgehead atoms. The Morgan fingerprint density at radius 2 is 2.56 bits per heavy atom. The van der Waals surface area contributed by atoms with E-state index in [0.717, 1.165) is 0 Å². The standard InChI is InChI=1S/C5H9NO3/c7-5-2-6-1-4(9-5)8-3-5/h4,6-7H,1-3H2. The van der Waals surface area contributed by atoms with Gasteiger partial charge >= 0.3 is 0 Å². The zero-order valence-electron chi connectivity index (χ0n) is 4.96. The van der Waals surface area contributed by atoms with Gasteiger partial charge in [0.1, 0.15) is 6.61 Å². The van der Waals surface area contributed by atoms with E-state index in [9.17, 15) is 5.11 Å². The molecule has 4 heteroatoms. The molecule has 2 saturated heterocycles. The third kappa shape index (κ3) is 0.840. The van der Waals surface area contributed by atoms with Gasteiger partial charge in [0.2, 0.25) is 5.79 Å². The molecule has 2 aliphatic rings. The number of ether oxygens (including phenoxy) is 2. The van der Waals surface area contributed by atoms with Crippen molar-refractivity contribution < 1.29 is 14.6 Å². The number of rotatable bonds is 0. The molecular weight excluding hydrogens is 122 g/mol. The molecule has 2 N–H and O–H groups in total. The van der Waals surface area contributed by atoms with Crippen molar-refractivity contribution in [3.63, 3.8) is 0 Å². The maximum absolute atomic E-state index is 9.31. The van der Waals surface area contributed by atoms with Gasteiger partial charge in [0, 0.05) is 6.54 Å². The molecule has 4 nitrogen and oxygen atoms in total. The van der Waals surface area contributed by atoms with Crippen molar-refractivity contribution in [1.29, 1.82) is 0 Å². The predicted molar refractivity (Wildman–Crippen MR) is 28.6 cm³/mol. The molecule has 0 saturated carbocycles. The molecule has 2 aliphatic heterocycles. The molecule has 0 aromatic carbocycles. The van der Waals surface area contributed by atoms with Crippen LogP contribution in [0, 0.1) is 0 Å². The lowest BCUT2D eigenvalue weighted by Crippen LogP contribution is -2.49. The van der Waals surface area contributed by atoms with Gasteiger partial charge < -0.3 is 19.9 Å². The van der Waals surface area contributed by atoms with E-state index >= 15 is 0 Å². The maximum Gasteiger partial charge on any atom is 0.205 e. The van der Waals surface area contributed by atoms with Gasteiger partial charge in [-0.15, -0.1) is 0 Å². The van der Waals surface area contributed by atoms with Crippen LogP contribution in [0.4, 0.5) is 0 Å². The van der Waals surface area contributed by atoms with Crippen LogP contribution in [0.2, 0.25) is 0 Å². The first-order valence-corrected chi connectivity index (χ1v) is 3.01. The third-order valence-corrected chi connectivity index (χ3v) is 1.56. The summed E-state index contributed by atoms with van der Waals surface area (Å²) in [6, 6.07) is 0. The van der Waals surface area contributed by atoms with E-state index in [1.807, 2.05) is 0 Å². The lowest BCUT2D eigenvalue weighted by Gasteiger charge is -2.25. The Balaban J connectivity index is 2.13. The van der Waals surface area contributed by atoms with Gasteiger partial charge in [-0.1, -0.05) is 0 Å². The van der Waals surface area contributed by atoms with Crippen LogP contribution in [0.5, 0.6) is 0 Å². The van der Waals surface area contributed by atoms with Gasteiger partial charge in [0.25, 0.3) is 0 Å². The Kier molecular flexibility index (Phi) is 1.04. The lowest BCUT2D eigenvalue weighted by molar-refractivity contribution is -0.206. The second-order valence-corrected chi connectivity index (χ2v) is 2.44. The number of β-amino-alcohol motifs (C(OH)–C–C–N with tert-alkyl or cyclic N) is 1. The van der Waals surface area contributed by atoms with E-state index in [0.29, 0.717) is 19.7 Å². The highest BCUT2D eigenvalue weighted by Gasteiger charge is 2.42. The van der Waals surface area contributed by atoms with Crippen molar-refractivity contribution in [2.45, 2.75) is 12.1 Å². The Hall–Kier alpha value is -0.160. The number of aliphatic hydroxyl groups is 1. The van der Waals surface area contributed by atoms with Crippen LogP contribution >= 0.6 is 0 Å². The summed E-state index contributed by atoms with van der Waals surface area (Å²) in [4.78, 5) is 0. The van der Waals surface area contributed by atoms with E-state index in [1.165, 1.54) is 0 Å². The zero-order valence-corrected chi connectivity index (χ0v) is 4.96. The fraction of sp³-hybridized carbons (Fsp3) is 1.00. The van der Waals surface area contributed by atoms with E-state index in [2.05, 4.69) is 5.32 Å².